The van der Waals surface area contributed by atoms with E-state index in [2.05, 4.69) is 5.32 Å². The Labute approximate surface area is 164 Å². The molecular weight excluding hydrogens is 380 g/mol. The molecule has 0 saturated carbocycles. The van der Waals surface area contributed by atoms with Gasteiger partial charge in [-0.2, -0.15) is 0 Å². The van der Waals surface area contributed by atoms with Crippen LogP contribution in [0.25, 0.3) is 0 Å². The summed E-state index contributed by atoms with van der Waals surface area (Å²) in [6.45, 7) is 6.39. The number of aryl methyl sites for hydroxylation is 3. The summed E-state index contributed by atoms with van der Waals surface area (Å²) in [6, 6.07) is 9.45. The first-order valence-electron chi connectivity index (χ1n) is 8.54. The highest BCUT2D eigenvalue weighted by Crippen LogP contribution is 2.31. The Hall–Kier alpha value is -2.91. The second kappa shape index (κ2) is 8.41. The smallest absolute Gasteiger partial charge is 0.264 e. The number of hydrazine groups is 1. The summed E-state index contributed by atoms with van der Waals surface area (Å²) in [5.74, 6) is 4.28. The van der Waals surface area contributed by atoms with Gasteiger partial charge in [0, 0.05) is 12.6 Å². The molecule has 0 bridgehead atoms. The molecule has 2 aromatic carbocycles. The van der Waals surface area contributed by atoms with Gasteiger partial charge in [-0.3, -0.25) is 19.3 Å². The maximum Gasteiger partial charge on any atom is 0.264 e. The summed E-state index contributed by atoms with van der Waals surface area (Å²) in [5, 5.41) is 2.58. The Morgan fingerprint density at radius 2 is 1.57 bits per heavy atom. The van der Waals surface area contributed by atoms with Gasteiger partial charge in [-0.25, -0.2) is 14.3 Å². The fourth-order valence-electron chi connectivity index (χ4n) is 3.07. The van der Waals surface area contributed by atoms with Crippen molar-refractivity contribution in [3.05, 3.63) is 53.1 Å². The van der Waals surface area contributed by atoms with Gasteiger partial charge in [0.15, 0.2) is 0 Å². The van der Waals surface area contributed by atoms with Gasteiger partial charge in [0.05, 0.1) is 10.6 Å². The van der Waals surface area contributed by atoms with Crippen molar-refractivity contribution in [3.63, 3.8) is 0 Å². The third-order valence-corrected chi connectivity index (χ3v) is 5.86. The molecule has 0 aliphatic rings. The van der Waals surface area contributed by atoms with E-state index < -0.39 is 22.5 Å². The normalized spacial score (nSPS) is 11.0. The van der Waals surface area contributed by atoms with Crippen LogP contribution >= 0.6 is 0 Å². The highest BCUT2D eigenvalue weighted by Gasteiger charge is 2.29. The van der Waals surface area contributed by atoms with Crippen LogP contribution in [0.3, 0.4) is 0 Å². The predicted octanol–water partition coefficient (Wildman–Crippen LogP) is 1.76. The molecule has 28 heavy (non-hydrogen) atoms. The molecule has 8 nitrogen and oxygen atoms in total. The topological polar surface area (TPSA) is 122 Å². The van der Waals surface area contributed by atoms with E-state index >= 15 is 0 Å². The largest absolute Gasteiger partial charge is 0.326 e. The monoisotopic (exact) mass is 404 g/mol. The van der Waals surface area contributed by atoms with Gasteiger partial charge in [-0.05, 0) is 56.2 Å². The van der Waals surface area contributed by atoms with E-state index in [1.807, 2.05) is 24.5 Å². The van der Waals surface area contributed by atoms with Gasteiger partial charge in [0.2, 0.25) is 5.91 Å². The quantitative estimate of drug-likeness (QED) is 0.385. The number of carbonyl (C=O) groups is 2. The summed E-state index contributed by atoms with van der Waals surface area (Å²) >= 11 is 0. The van der Waals surface area contributed by atoms with E-state index in [1.165, 1.54) is 31.2 Å². The first-order valence-corrected chi connectivity index (χ1v) is 9.98. The highest BCUT2D eigenvalue weighted by atomic mass is 32.2. The predicted molar refractivity (Wildman–Crippen MR) is 108 cm³/mol. The van der Waals surface area contributed by atoms with Crippen LogP contribution in [0.5, 0.6) is 0 Å². The van der Waals surface area contributed by atoms with Crippen molar-refractivity contribution in [3.8, 4) is 0 Å². The number of amides is 2. The van der Waals surface area contributed by atoms with Crippen LogP contribution in [-0.2, 0) is 19.6 Å². The minimum atomic E-state index is -4.06. The molecule has 150 valence electrons. The molecule has 0 aliphatic carbocycles. The molecule has 2 rings (SSSR count). The van der Waals surface area contributed by atoms with E-state index in [0.29, 0.717) is 11.4 Å². The van der Waals surface area contributed by atoms with E-state index in [1.54, 1.807) is 13.8 Å². The Morgan fingerprint density at radius 3 is 2.04 bits per heavy atom. The molecule has 2 amide bonds. The van der Waals surface area contributed by atoms with Crippen molar-refractivity contribution >= 4 is 33.2 Å². The molecule has 0 spiro atoms. The summed E-state index contributed by atoms with van der Waals surface area (Å²) in [6.07, 6.45) is 0. The van der Waals surface area contributed by atoms with Crippen LogP contribution in [-0.4, -0.2) is 26.8 Å². The average Bonchev–Trinajstić information content (AvgIpc) is 2.59. The Kier molecular flexibility index (Phi) is 6.42. The lowest BCUT2D eigenvalue weighted by atomic mass is 10.1. The number of nitrogens with one attached hydrogen (secondary N) is 2. The third kappa shape index (κ3) is 4.68. The van der Waals surface area contributed by atoms with Crippen molar-refractivity contribution in [2.75, 3.05) is 16.2 Å². The van der Waals surface area contributed by atoms with Crippen LogP contribution in [0.4, 0.5) is 11.4 Å². The van der Waals surface area contributed by atoms with E-state index in [-0.39, 0.29) is 10.8 Å². The van der Waals surface area contributed by atoms with Gasteiger partial charge < -0.3 is 5.32 Å². The number of sulfonamides is 1. The number of nitrogens with zero attached hydrogens (tertiary/aromatic N) is 1. The Bertz CT molecular complexity index is 978. The second-order valence-electron chi connectivity index (χ2n) is 6.53. The summed E-state index contributed by atoms with van der Waals surface area (Å²) in [7, 11) is -4.06. The van der Waals surface area contributed by atoms with E-state index in [0.717, 1.165) is 21.0 Å². The fourth-order valence-corrected chi connectivity index (χ4v) is 4.62. The zero-order chi connectivity index (χ0) is 21.1. The van der Waals surface area contributed by atoms with E-state index in [9.17, 15) is 18.0 Å². The standard InChI is InChI=1S/C19H24N4O4S/c1-12-9-13(2)19(14(3)10-12)23(11-18(25)22-20)28(26,27)17-7-5-16(6-8-17)21-15(4)24/h5-10H,11,20H2,1-4H3,(H,21,24)(H,22,25). The van der Waals surface area contributed by atoms with Gasteiger partial charge >= 0.3 is 0 Å². The highest BCUT2D eigenvalue weighted by molar-refractivity contribution is 7.92. The van der Waals surface area contributed by atoms with Gasteiger partial charge in [0.1, 0.15) is 6.54 Å². The lowest BCUT2D eigenvalue weighted by Crippen LogP contribution is -2.43. The number of benzene rings is 2. The van der Waals surface area contributed by atoms with Gasteiger partial charge in [0.25, 0.3) is 15.9 Å². The Balaban J connectivity index is 2.56. The van der Waals surface area contributed by atoms with Gasteiger partial charge in [-0.1, -0.05) is 17.7 Å². The number of hydrogen-bond donors (Lipinski definition) is 3. The SMILES string of the molecule is CC(=O)Nc1ccc(S(=O)(=O)N(CC(=O)NN)c2c(C)cc(C)cc2C)cc1. The van der Waals surface area contributed by atoms with Crippen molar-refractivity contribution in [2.45, 2.75) is 32.6 Å². The number of anilines is 2. The van der Waals surface area contributed by atoms with E-state index in [4.69, 9.17) is 5.84 Å². The maximum absolute atomic E-state index is 13.3. The number of carbonyl (C=O) groups excluding carboxylic acids is 2. The lowest BCUT2D eigenvalue weighted by Gasteiger charge is -2.27. The molecule has 2 aromatic rings. The van der Waals surface area contributed by atoms with Crippen molar-refractivity contribution in [2.24, 2.45) is 5.84 Å². The molecule has 0 aromatic heterocycles. The van der Waals surface area contributed by atoms with Crippen molar-refractivity contribution < 1.29 is 18.0 Å². The van der Waals surface area contributed by atoms with Gasteiger partial charge in [-0.15, -0.1) is 0 Å². The Morgan fingerprint density at radius 1 is 1.04 bits per heavy atom. The molecule has 0 unspecified atom stereocenters. The minimum absolute atomic E-state index is 0.00852. The molecule has 0 aliphatic heterocycles. The fraction of sp³-hybridized carbons (Fsp3) is 0.263. The molecule has 4 N–H and O–H groups in total. The zero-order valence-electron chi connectivity index (χ0n) is 16.2. The molecule has 0 heterocycles. The molecule has 0 atom stereocenters. The summed E-state index contributed by atoms with van der Waals surface area (Å²) in [4.78, 5) is 23.1. The van der Waals surface area contributed by atoms with Crippen molar-refractivity contribution in [1.82, 2.24) is 5.43 Å². The average molecular weight is 404 g/mol. The number of nitrogens with two attached hydrogens (primary N) is 1. The zero-order valence-corrected chi connectivity index (χ0v) is 17.1. The molecule has 9 heteroatoms. The van der Waals surface area contributed by atoms with Crippen LogP contribution in [0.2, 0.25) is 0 Å². The van der Waals surface area contributed by atoms with Crippen LogP contribution in [0.15, 0.2) is 41.3 Å². The van der Waals surface area contributed by atoms with Crippen molar-refractivity contribution in [1.29, 1.82) is 0 Å². The summed E-state index contributed by atoms with van der Waals surface area (Å²) < 4.78 is 27.7. The minimum Gasteiger partial charge on any atom is -0.326 e. The maximum atomic E-state index is 13.3. The molecule has 0 saturated heterocycles. The summed E-state index contributed by atoms with van der Waals surface area (Å²) in [5.41, 5.74) is 5.31. The van der Waals surface area contributed by atoms with Crippen LogP contribution in [0, 0.1) is 20.8 Å². The molecule has 0 radical (unpaired) electrons. The third-order valence-electron chi connectivity index (χ3n) is 4.10. The molecular formula is C19H24N4O4S. The second-order valence-corrected chi connectivity index (χ2v) is 8.39. The lowest BCUT2D eigenvalue weighted by molar-refractivity contribution is -0.119. The first kappa shape index (κ1) is 21.4. The number of rotatable bonds is 6. The number of hydrogen-bond acceptors (Lipinski definition) is 5. The molecule has 0 fully saturated rings. The first-order chi connectivity index (χ1) is 13.1. The van der Waals surface area contributed by atoms with Crippen LogP contribution < -0.4 is 20.9 Å². The van der Waals surface area contributed by atoms with Crippen LogP contribution in [0.1, 0.15) is 23.6 Å².